The fourth-order valence-corrected chi connectivity index (χ4v) is 3.93. The maximum absolute atomic E-state index is 11.2. The van der Waals surface area contributed by atoms with E-state index in [1.807, 2.05) is 12.1 Å². The van der Waals surface area contributed by atoms with E-state index in [1.54, 1.807) is 6.08 Å². The number of ether oxygens (including phenoxy) is 1. The first kappa shape index (κ1) is 20.3. The van der Waals surface area contributed by atoms with Crippen LogP contribution in [0.2, 0.25) is 0 Å². The fourth-order valence-electron chi connectivity index (χ4n) is 3.93. The SMILES string of the molecule is COC(=O)C=Cc1ccc(CN2C[C@@H](C)N(Cc3ccccc3)[C@@H](C)C2)cc1. The van der Waals surface area contributed by atoms with Crippen LogP contribution in [0, 0.1) is 0 Å². The largest absolute Gasteiger partial charge is 0.466 e. The van der Waals surface area contributed by atoms with Crippen LogP contribution in [0.25, 0.3) is 6.08 Å². The Morgan fingerprint density at radius 3 is 2.18 bits per heavy atom. The third-order valence-electron chi connectivity index (χ3n) is 5.38. The molecule has 0 bridgehead atoms. The van der Waals surface area contributed by atoms with E-state index in [4.69, 9.17) is 0 Å². The van der Waals surface area contributed by atoms with Gasteiger partial charge in [-0.15, -0.1) is 0 Å². The quantitative estimate of drug-likeness (QED) is 0.563. The standard InChI is InChI=1S/C24H30N2O2/c1-19-15-25(16-20(2)26(19)18-22-7-5-4-6-8-22)17-23-11-9-21(10-12-23)13-14-24(27)28-3/h4-14,19-20H,15-18H2,1-3H3/t19-,20+. The number of nitrogens with zero attached hydrogens (tertiary/aromatic N) is 2. The summed E-state index contributed by atoms with van der Waals surface area (Å²) in [5, 5.41) is 0. The second-order valence-electron chi connectivity index (χ2n) is 7.65. The zero-order chi connectivity index (χ0) is 19.9. The molecule has 0 unspecified atom stereocenters. The molecule has 0 spiro atoms. The van der Waals surface area contributed by atoms with Crippen molar-refractivity contribution in [3.05, 3.63) is 77.4 Å². The highest BCUT2D eigenvalue weighted by atomic mass is 16.5. The van der Waals surface area contributed by atoms with Gasteiger partial charge in [0.05, 0.1) is 7.11 Å². The molecule has 2 aromatic rings. The van der Waals surface area contributed by atoms with Gasteiger partial charge in [-0.1, -0.05) is 54.6 Å². The van der Waals surface area contributed by atoms with Gasteiger partial charge < -0.3 is 4.74 Å². The molecular weight excluding hydrogens is 348 g/mol. The lowest BCUT2D eigenvalue weighted by atomic mass is 10.0. The lowest BCUT2D eigenvalue weighted by Crippen LogP contribution is -2.55. The molecule has 3 rings (SSSR count). The second kappa shape index (κ2) is 9.67. The van der Waals surface area contributed by atoms with Gasteiger partial charge in [-0.25, -0.2) is 4.79 Å². The van der Waals surface area contributed by atoms with E-state index >= 15 is 0 Å². The number of rotatable bonds is 6. The summed E-state index contributed by atoms with van der Waals surface area (Å²) in [6.07, 6.45) is 3.23. The lowest BCUT2D eigenvalue weighted by molar-refractivity contribution is -0.134. The average Bonchev–Trinajstić information content (AvgIpc) is 2.71. The zero-order valence-corrected chi connectivity index (χ0v) is 17.0. The Morgan fingerprint density at radius 2 is 1.57 bits per heavy atom. The zero-order valence-electron chi connectivity index (χ0n) is 17.0. The maximum atomic E-state index is 11.2. The van der Waals surface area contributed by atoms with Crippen molar-refractivity contribution in [3.63, 3.8) is 0 Å². The molecule has 0 aromatic heterocycles. The molecule has 1 fully saturated rings. The van der Waals surface area contributed by atoms with Gasteiger partial charge in [0.15, 0.2) is 0 Å². The van der Waals surface area contributed by atoms with Crippen LogP contribution in [-0.2, 0) is 22.6 Å². The maximum Gasteiger partial charge on any atom is 0.330 e. The number of esters is 1. The molecule has 0 saturated carbocycles. The topological polar surface area (TPSA) is 32.8 Å². The van der Waals surface area contributed by atoms with Crippen LogP contribution in [0.3, 0.4) is 0 Å². The highest BCUT2D eigenvalue weighted by Crippen LogP contribution is 2.21. The van der Waals surface area contributed by atoms with E-state index in [0.29, 0.717) is 12.1 Å². The van der Waals surface area contributed by atoms with Crippen molar-refractivity contribution in [1.82, 2.24) is 9.80 Å². The minimum Gasteiger partial charge on any atom is -0.466 e. The van der Waals surface area contributed by atoms with Crippen LogP contribution >= 0.6 is 0 Å². The van der Waals surface area contributed by atoms with Gasteiger partial charge in [0, 0.05) is 44.3 Å². The molecule has 0 radical (unpaired) electrons. The fraction of sp³-hybridized carbons (Fsp3) is 0.375. The first-order valence-corrected chi connectivity index (χ1v) is 9.92. The summed E-state index contributed by atoms with van der Waals surface area (Å²) < 4.78 is 4.63. The molecule has 0 aliphatic carbocycles. The molecular formula is C24H30N2O2. The van der Waals surface area contributed by atoms with Gasteiger partial charge in [-0.3, -0.25) is 9.80 Å². The molecule has 4 heteroatoms. The molecule has 2 aromatic carbocycles. The summed E-state index contributed by atoms with van der Waals surface area (Å²) in [7, 11) is 1.39. The number of hydrogen-bond acceptors (Lipinski definition) is 4. The monoisotopic (exact) mass is 378 g/mol. The van der Waals surface area contributed by atoms with Crippen molar-refractivity contribution in [2.75, 3.05) is 20.2 Å². The van der Waals surface area contributed by atoms with E-state index < -0.39 is 0 Å². The highest BCUT2D eigenvalue weighted by molar-refractivity contribution is 5.86. The van der Waals surface area contributed by atoms with Crippen molar-refractivity contribution in [3.8, 4) is 0 Å². The van der Waals surface area contributed by atoms with Crippen LogP contribution in [0.1, 0.15) is 30.5 Å². The van der Waals surface area contributed by atoms with Gasteiger partial charge in [-0.05, 0) is 36.6 Å². The number of hydrogen-bond donors (Lipinski definition) is 0. The van der Waals surface area contributed by atoms with Crippen LogP contribution in [0.4, 0.5) is 0 Å². The van der Waals surface area contributed by atoms with E-state index in [2.05, 4.69) is 70.8 Å². The van der Waals surface area contributed by atoms with Crippen molar-refractivity contribution < 1.29 is 9.53 Å². The Bertz CT molecular complexity index is 774. The number of piperazine rings is 1. The normalized spacial score (nSPS) is 21.1. The molecule has 28 heavy (non-hydrogen) atoms. The van der Waals surface area contributed by atoms with Gasteiger partial charge in [0.1, 0.15) is 0 Å². The predicted molar refractivity (Wildman–Crippen MR) is 114 cm³/mol. The lowest BCUT2D eigenvalue weighted by Gasteiger charge is -2.44. The number of benzene rings is 2. The molecule has 1 saturated heterocycles. The van der Waals surface area contributed by atoms with Gasteiger partial charge >= 0.3 is 5.97 Å². The summed E-state index contributed by atoms with van der Waals surface area (Å²) in [6.45, 7) is 8.76. The van der Waals surface area contributed by atoms with Gasteiger partial charge in [0.2, 0.25) is 0 Å². The summed E-state index contributed by atoms with van der Waals surface area (Å²) in [4.78, 5) is 16.3. The van der Waals surface area contributed by atoms with Crippen LogP contribution < -0.4 is 0 Å². The third-order valence-corrected chi connectivity index (χ3v) is 5.38. The molecule has 0 amide bonds. The Hall–Kier alpha value is -2.43. The minimum atomic E-state index is -0.333. The first-order valence-electron chi connectivity index (χ1n) is 9.92. The molecule has 0 N–H and O–H groups in total. The van der Waals surface area contributed by atoms with E-state index in [0.717, 1.165) is 31.7 Å². The minimum absolute atomic E-state index is 0.333. The third kappa shape index (κ3) is 5.54. The molecule has 1 aliphatic heterocycles. The number of carbonyl (C=O) groups excluding carboxylic acids is 1. The smallest absolute Gasteiger partial charge is 0.330 e. The Morgan fingerprint density at radius 1 is 0.964 bits per heavy atom. The summed E-state index contributed by atoms with van der Waals surface area (Å²) in [5.74, 6) is -0.333. The molecule has 1 aliphatic rings. The molecule has 2 atom stereocenters. The Kier molecular flexibility index (Phi) is 7.01. The summed E-state index contributed by atoms with van der Waals surface area (Å²) >= 11 is 0. The summed E-state index contributed by atoms with van der Waals surface area (Å²) in [5.41, 5.74) is 3.68. The van der Waals surface area contributed by atoms with Crippen LogP contribution in [0.15, 0.2) is 60.7 Å². The highest BCUT2D eigenvalue weighted by Gasteiger charge is 2.29. The molecule has 4 nitrogen and oxygen atoms in total. The molecule has 1 heterocycles. The Labute approximate surface area is 168 Å². The number of methoxy groups -OCH3 is 1. The predicted octanol–water partition coefficient (Wildman–Crippen LogP) is 3.97. The number of carbonyl (C=O) groups is 1. The first-order chi connectivity index (χ1) is 13.5. The van der Waals surface area contributed by atoms with Gasteiger partial charge in [0.25, 0.3) is 0 Å². The van der Waals surface area contributed by atoms with Crippen LogP contribution in [-0.4, -0.2) is 48.1 Å². The molecule has 148 valence electrons. The Balaban J connectivity index is 1.56. The van der Waals surface area contributed by atoms with Crippen molar-refractivity contribution in [2.45, 2.75) is 39.0 Å². The van der Waals surface area contributed by atoms with Crippen molar-refractivity contribution >= 4 is 12.0 Å². The van der Waals surface area contributed by atoms with Crippen molar-refractivity contribution in [2.24, 2.45) is 0 Å². The second-order valence-corrected chi connectivity index (χ2v) is 7.65. The average molecular weight is 379 g/mol. The van der Waals surface area contributed by atoms with Crippen molar-refractivity contribution in [1.29, 1.82) is 0 Å². The van der Waals surface area contributed by atoms with E-state index in [-0.39, 0.29) is 5.97 Å². The summed E-state index contributed by atoms with van der Waals surface area (Å²) in [6, 6.07) is 20.1. The van der Waals surface area contributed by atoms with Crippen LogP contribution in [0.5, 0.6) is 0 Å². The van der Waals surface area contributed by atoms with Gasteiger partial charge in [-0.2, -0.15) is 0 Å². The van der Waals surface area contributed by atoms with E-state index in [1.165, 1.54) is 24.3 Å². The van der Waals surface area contributed by atoms with E-state index in [9.17, 15) is 4.79 Å².